The van der Waals surface area contributed by atoms with Crippen molar-refractivity contribution in [3.8, 4) is 5.75 Å². The molecule has 90 valence electrons. The first kappa shape index (κ1) is 13.3. The summed E-state index contributed by atoms with van der Waals surface area (Å²) in [4.78, 5) is 0. The molecule has 0 bridgehead atoms. The second kappa shape index (κ2) is 5.07. The molecule has 0 heterocycles. The van der Waals surface area contributed by atoms with Crippen molar-refractivity contribution in [2.75, 3.05) is 7.11 Å². The monoisotopic (exact) mass is 241 g/mol. The van der Waals surface area contributed by atoms with Crippen LogP contribution in [0.5, 0.6) is 5.75 Å². The highest BCUT2D eigenvalue weighted by Crippen LogP contribution is 2.29. The highest BCUT2D eigenvalue weighted by molar-refractivity contribution is 6.30. The van der Waals surface area contributed by atoms with Gasteiger partial charge >= 0.3 is 0 Å². The summed E-state index contributed by atoms with van der Waals surface area (Å²) >= 11 is 6.07. The predicted octanol–water partition coefficient (Wildman–Crippen LogP) is 3.19. The fourth-order valence-electron chi connectivity index (χ4n) is 1.90. The minimum atomic E-state index is -0.236. The Hall–Kier alpha value is -0.730. The summed E-state index contributed by atoms with van der Waals surface area (Å²) < 4.78 is 5.35. The molecule has 0 spiro atoms. The van der Waals surface area contributed by atoms with Gasteiger partial charge in [-0.25, -0.2) is 0 Å². The number of benzene rings is 1. The first-order valence-corrected chi connectivity index (χ1v) is 5.89. The van der Waals surface area contributed by atoms with Crippen LogP contribution in [-0.2, 0) is 12.8 Å². The summed E-state index contributed by atoms with van der Waals surface area (Å²) in [7, 11) is 1.67. The third kappa shape index (κ3) is 3.39. The van der Waals surface area contributed by atoms with E-state index in [4.69, 9.17) is 22.1 Å². The molecule has 0 saturated carbocycles. The third-order valence-corrected chi connectivity index (χ3v) is 2.70. The largest absolute Gasteiger partial charge is 0.496 e. The number of rotatable bonds is 4. The first-order chi connectivity index (χ1) is 7.37. The van der Waals surface area contributed by atoms with Gasteiger partial charge in [0.25, 0.3) is 0 Å². The third-order valence-electron chi connectivity index (χ3n) is 2.49. The van der Waals surface area contributed by atoms with E-state index in [-0.39, 0.29) is 5.54 Å². The SMILES string of the molecule is CCc1c(CC(C)(C)N)cc(Cl)cc1OC. The van der Waals surface area contributed by atoms with Gasteiger partial charge in [0.15, 0.2) is 0 Å². The van der Waals surface area contributed by atoms with Crippen molar-refractivity contribution in [2.45, 2.75) is 39.2 Å². The van der Waals surface area contributed by atoms with Gasteiger partial charge in [0.05, 0.1) is 7.11 Å². The molecule has 0 saturated heterocycles. The fraction of sp³-hybridized carbons (Fsp3) is 0.538. The van der Waals surface area contributed by atoms with E-state index in [9.17, 15) is 0 Å². The Bertz CT molecular complexity index is 369. The van der Waals surface area contributed by atoms with Crippen LogP contribution in [0.25, 0.3) is 0 Å². The summed E-state index contributed by atoms with van der Waals surface area (Å²) in [5, 5.41) is 0.702. The molecule has 16 heavy (non-hydrogen) atoms. The number of methoxy groups -OCH3 is 1. The van der Waals surface area contributed by atoms with Crippen LogP contribution in [0, 0.1) is 0 Å². The van der Waals surface area contributed by atoms with Gasteiger partial charge < -0.3 is 10.5 Å². The highest BCUT2D eigenvalue weighted by Gasteiger charge is 2.17. The molecular formula is C13H20ClNO. The van der Waals surface area contributed by atoms with Crippen LogP contribution in [-0.4, -0.2) is 12.6 Å². The molecule has 0 unspecified atom stereocenters. The van der Waals surface area contributed by atoms with Crippen molar-refractivity contribution >= 4 is 11.6 Å². The van der Waals surface area contributed by atoms with Gasteiger partial charge in [-0.1, -0.05) is 18.5 Å². The standard InChI is InChI=1S/C13H20ClNO/c1-5-11-9(8-13(2,3)15)6-10(14)7-12(11)16-4/h6-7H,5,8,15H2,1-4H3. The highest BCUT2D eigenvalue weighted by atomic mass is 35.5. The van der Waals surface area contributed by atoms with Gasteiger partial charge in [-0.15, -0.1) is 0 Å². The summed E-state index contributed by atoms with van der Waals surface area (Å²) in [6, 6.07) is 3.84. The molecule has 0 aliphatic carbocycles. The number of hydrogen-bond acceptors (Lipinski definition) is 2. The van der Waals surface area contributed by atoms with Crippen molar-refractivity contribution in [1.29, 1.82) is 0 Å². The molecule has 0 fully saturated rings. The van der Waals surface area contributed by atoms with E-state index in [2.05, 4.69) is 6.92 Å². The molecule has 1 aromatic carbocycles. The Morgan fingerprint density at radius 3 is 2.44 bits per heavy atom. The molecule has 0 radical (unpaired) electrons. The van der Waals surface area contributed by atoms with Gasteiger partial charge in [0, 0.05) is 10.6 Å². The van der Waals surface area contributed by atoms with E-state index in [1.807, 2.05) is 26.0 Å². The molecule has 2 nitrogen and oxygen atoms in total. The smallest absolute Gasteiger partial charge is 0.123 e. The zero-order chi connectivity index (χ0) is 12.3. The Kier molecular flexibility index (Phi) is 4.22. The minimum Gasteiger partial charge on any atom is -0.496 e. The molecule has 0 amide bonds. The number of ether oxygens (including phenoxy) is 1. The molecule has 2 N–H and O–H groups in total. The zero-order valence-corrected chi connectivity index (χ0v) is 11.2. The summed E-state index contributed by atoms with van der Waals surface area (Å²) in [6.07, 6.45) is 1.72. The normalized spacial score (nSPS) is 11.6. The van der Waals surface area contributed by atoms with E-state index >= 15 is 0 Å². The van der Waals surface area contributed by atoms with Crippen LogP contribution >= 0.6 is 11.6 Å². The molecule has 1 aromatic rings. The second-order valence-corrected chi connectivity index (χ2v) is 5.20. The first-order valence-electron chi connectivity index (χ1n) is 5.51. The Morgan fingerprint density at radius 1 is 1.38 bits per heavy atom. The van der Waals surface area contributed by atoms with Gasteiger partial charge in [-0.2, -0.15) is 0 Å². The lowest BCUT2D eigenvalue weighted by atomic mass is 9.91. The van der Waals surface area contributed by atoms with Crippen molar-refractivity contribution in [3.05, 3.63) is 28.3 Å². The molecule has 1 rings (SSSR count). The lowest BCUT2D eigenvalue weighted by Crippen LogP contribution is -2.34. The van der Waals surface area contributed by atoms with E-state index in [1.165, 1.54) is 11.1 Å². The maximum atomic E-state index is 6.07. The Labute approximate surface area is 103 Å². The van der Waals surface area contributed by atoms with Crippen molar-refractivity contribution in [3.63, 3.8) is 0 Å². The van der Waals surface area contributed by atoms with Crippen LogP contribution < -0.4 is 10.5 Å². The fourth-order valence-corrected chi connectivity index (χ4v) is 2.13. The van der Waals surface area contributed by atoms with Gasteiger partial charge in [0.1, 0.15) is 5.75 Å². The minimum absolute atomic E-state index is 0.236. The molecule has 0 aromatic heterocycles. The van der Waals surface area contributed by atoms with E-state index in [1.54, 1.807) is 7.11 Å². The second-order valence-electron chi connectivity index (χ2n) is 4.76. The van der Waals surface area contributed by atoms with Crippen LogP contribution in [0.4, 0.5) is 0 Å². The molecule has 0 atom stereocenters. The van der Waals surface area contributed by atoms with Crippen LogP contribution in [0.2, 0.25) is 5.02 Å². The van der Waals surface area contributed by atoms with Crippen molar-refractivity contribution in [1.82, 2.24) is 0 Å². The van der Waals surface area contributed by atoms with Gasteiger partial charge in [0.2, 0.25) is 0 Å². The average molecular weight is 242 g/mol. The maximum Gasteiger partial charge on any atom is 0.123 e. The molecule has 0 aliphatic rings. The van der Waals surface area contributed by atoms with E-state index in [0.29, 0.717) is 5.02 Å². The Balaban J connectivity index is 3.20. The summed E-state index contributed by atoms with van der Waals surface area (Å²) in [5.41, 5.74) is 8.19. The van der Waals surface area contributed by atoms with Crippen molar-refractivity contribution < 1.29 is 4.74 Å². The van der Waals surface area contributed by atoms with E-state index in [0.717, 1.165) is 18.6 Å². The zero-order valence-electron chi connectivity index (χ0n) is 10.4. The quantitative estimate of drug-likeness (QED) is 0.879. The van der Waals surface area contributed by atoms with Crippen molar-refractivity contribution in [2.24, 2.45) is 5.73 Å². The summed E-state index contributed by atoms with van der Waals surface area (Å²) in [5.74, 6) is 0.856. The van der Waals surface area contributed by atoms with E-state index < -0.39 is 0 Å². The number of hydrogen-bond donors (Lipinski definition) is 1. The van der Waals surface area contributed by atoms with Crippen LogP contribution in [0.1, 0.15) is 31.9 Å². The predicted molar refractivity (Wildman–Crippen MR) is 69.4 cm³/mol. The van der Waals surface area contributed by atoms with Gasteiger partial charge in [-0.3, -0.25) is 0 Å². The topological polar surface area (TPSA) is 35.2 Å². The number of nitrogens with two attached hydrogens (primary N) is 1. The maximum absolute atomic E-state index is 6.07. The van der Waals surface area contributed by atoms with Crippen LogP contribution in [0.3, 0.4) is 0 Å². The lowest BCUT2D eigenvalue weighted by Gasteiger charge is -2.21. The average Bonchev–Trinajstić information content (AvgIpc) is 2.14. The Morgan fingerprint density at radius 2 is 2.00 bits per heavy atom. The van der Waals surface area contributed by atoms with Gasteiger partial charge in [-0.05, 0) is 49.9 Å². The number of halogens is 1. The van der Waals surface area contributed by atoms with Crippen LogP contribution in [0.15, 0.2) is 12.1 Å². The summed E-state index contributed by atoms with van der Waals surface area (Å²) in [6.45, 7) is 6.14. The lowest BCUT2D eigenvalue weighted by molar-refractivity contribution is 0.408. The molecular weight excluding hydrogens is 222 g/mol. The molecule has 3 heteroatoms. The molecule has 0 aliphatic heterocycles.